The molecule has 4 rings (SSSR count). The SMILES string of the molecule is CON=C(c1cnc2ccccc2c1)c1cccc2ccccc12. The Kier molecular flexibility index (Phi) is 3.67. The Balaban J connectivity index is 1.94. The predicted octanol–water partition coefficient (Wildman–Crippen LogP) is 4.79. The number of nitrogens with zero attached hydrogens (tertiary/aromatic N) is 2. The number of fused-ring (bicyclic) bond motifs is 2. The minimum atomic E-state index is 0.785. The summed E-state index contributed by atoms with van der Waals surface area (Å²) in [5, 5.41) is 7.70. The van der Waals surface area contributed by atoms with E-state index in [4.69, 9.17) is 4.84 Å². The fourth-order valence-corrected chi connectivity index (χ4v) is 2.98. The maximum atomic E-state index is 5.13. The van der Waals surface area contributed by atoms with Gasteiger partial charge in [-0.15, -0.1) is 0 Å². The van der Waals surface area contributed by atoms with Crippen molar-refractivity contribution in [3.05, 3.63) is 90.1 Å². The molecule has 0 aliphatic rings. The summed E-state index contributed by atoms with van der Waals surface area (Å²) in [6.45, 7) is 0. The van der Waals surface area contributed by atoms with Gasteiger partial charge in [0.25, 0.3) is 0 Å². The molecule has 1 heterocycles. The standard InChI is InChI=1S/C21H16N2O/c1-24-23-21(17-13-16-8-3-5-12-20(16)22-14-17)19-11-6-9-15-7-2-4-10-18(15)19/h2-14H,1H3. The number of oxime groups is 1. The summed E-state index contributed by atoms with van der Waals surface area (Å²) < 4.78 is 0. The molecule has 3 aromatic carbocycles. The van der Waals surface area contributed by atoms with Crippen molar-refractivity contribution in [3.8, 4) is 0 Å². The molecule has 0 radical (unpaired) electrons. The number of hydrogen-bond donors (Lipinski definition) is 0. The van der Waals surface area contributed by atoms with Gasteiger partial charge < -0.3 is 4.84 Å². The van der Waals surface area contributed by atoms with E-state index in [1.807, 2.05) is 42.6 Å². The zero-order valence-electron chi connectivity index (χ0n) is 13.3. The van der Waals surface area contributed by atoms with Crippen molar-refractivity contribution in [2.24, 2.45) is 5.16 Å². The Morgan fingerprint density at radius 3 is 2.50 bits per heavy atom. The van der Waals surface area contributed by atoms with Gasteiger partial charge in [0.2, 0.25) is 0 Å². The highest BCUT2D eigenvalue weighted by Gasteiger charge is 2.12. The van der Waals surface area contributed by atoms with Crippen LogP contribution in [0.25, 0.3) is 21.7 Å². The lowest BCUT2D eigenvalue weighted by atomic mass is 9.97. The van der Waals surface area contributed by atoms with E-state index < -0.39 is 0 Å². The minimum Gasteiger partial charge on any atom is -0.399 e. The number of rotatable bonds is 3. The van der Waals surface area contributed by atoms with Gasteiger partial charge in [-0.2, -0.15) is 0 Å². The Labute approximate surface area is 140 Å². The molecular formula is C21H16N2O. The number of benzene rings is 3. The number of hydrogen-bond acceptors (Lipinski definition) is 3. The van der Waals surface area contributed by atoms with Crippen molar-refractivity contribution >= 4 is 27.4 Å². The molecule has 0 N–H and O–H groups in total. The first-order valence-corrected chi connectivity index (χ1v) is 7.81. The molecule has 0 atom stereocenters. The van der Waals surface area contributed by atoms with Gasteiger partial charge in [-0.25, -0.2) is 0 Å². The lowest BCUT2D eigenvalue weighted by Crippen LogP contribution is -2.05. The van der Waals surface area contributed by atoms with Crippen molar-refractivity contribution < 1.29 is 4.84 Å². The highest BCUT2D eigenvalue weighted by Crippen LogP contribution is 2.23. The van der Waals surface area contributed by atoms with Crippen LogP contribution in [0.15, 0.2) is 84.1 Å². The van der Waals surface area contributed by atoms with Gasteiger partial charge >= 0.3 is 0 Å². The molecule has 3 nitrogen and oxygen atoms in total. The van der Waals surface area contributed by atoms with Crippen LogP contribution in [0.1, 0.15) is 11.1 Å². The summed E-state index contributed by atoms with van der Waals surface area (Å²) in [6.07, 6.45) is 1.85. The van der Waals surface area contributed by atoms with Gasteiger partial charge in [-0.3, -0.25) is 4.98 Å². The summed E-state index contributed by atoms with van der Waals surface area (Å²) in [6, 6.07) is 24.6. The van der Waals surface area contributed by atoms with Crippen LogP contribution in [0.3, 0.4) is 0 Å². The normalized spacial score (nSPS) is 11.8. The molecular weight excluding hydrogens is 296 g/mol. The lowest BCUT2D eigenvalue weighted by Gasteiger charge is -2.10. The van der Waals surface area contributed by atoms with E-state index in [-0.39, 0.29) is 0 Å². The Morgan fingerprint density at radius 2 is 1.62 bits per heavy atom. The highest BCUT2D eigenvalue weighted by molar-refractivity contribution is 6.19. The molecule has 1 aromatic heterocycles. The molecule has 3 heteroatoms. The average molecular weight is 312 g/mol. The molecule has 0 bridgehead atoms. The molecule has 0 saturated heterocycles. The van der Waals surface area contributed by atoms with Crippen LogP contribution in [-0.4, -0.2) is 17.8 Å². The molecule has 0 amide bonds. The first-order valence-electron chi connectivity index (χ1n) is 7.81. The van der Waals surface area contributed by atoms with E-state index in [0.29, 0.717) is 0 Å². The Morgan fingerprint density at radius 1 is 0.875 bits per heavy atom. The number of pyridine rings is 1. The second kappa shape index (κ2) is 6.13. The van der Waals surface area contributed by atoms with E-state index in [0.717, 1.165) is 33.1 Å². The molecule has 0 spiro atoms. The third kappa shape index (κ3) is 2.50. The van der Waals surface area contributed by atoms with Crippen molar-refractivity contribution in [1.29, 1.82) is 0 Å². The van der Waals surface area contributed by atoms with Crippen molar-refractivity contribution in [1.82, 2.24) is 4.98 Å². The first kappa shape index (κ1) is 14.4. The monoisotopic (exact) mass is 312 g/mol. The van der Waals surface area contributed by atoms with Gasteiger partial charge in [0, 0.05) is 22.7 Å². The summed E-state index contributed by atoms with van der Waals surface area (Å²) in [7, 11) is 1.57. The second-order valence-corrected chi connectivity index (χ2v) is 5.57. The predicted molar refractivity (Wildman–Crippen MR) is 98.3 cm³/mol. The smallest absolute Gasteiger partial charge is 0.119 e. The zero-order chi connectivity index (χ0) is 16.4. The van der Waals surface area contributed by atoms with Crippen LogP contribution in [-0.2, 0) is 4.84 Å². The van der Waals surface area contributed by atoms with Crippen LogP contribution in [0, 0.1) is 0 Å². The molecule has 116 valence electrons. The van der Waals surface area contributed by atoms with Gasteiger partial charge in [0.1, 0.15) is 12.8 Å². The molecule has 4 aromatic rings. The maximum Gasteiger partial charge on any atom is 0.119 e. The molecule has 24 heavy (non-hydrogen) atoms. The first-order chi connectivity index (χ1) is 11.9. The van der Waals surface area contributed by atoms with Gasteiger partial charge in [-0.1, -0.05) is 65.8 Å². The Bertz CT molecular complexity index is 1050. The van der Waals surface area contributed by atoms with Crippen molar-refractivity contribution in [2.45, 2.75) is 0 Å². The van der Waals surface area contributed by atoms with E-state index >= 15 is 0 Å². The topological polar surface area (TPSA) is 34.5 Å². The minimum absolute atomic E-state index is 0.785. The summed E-state index contributed by atoms with van der Waals surface area (Å²) >= 11 is 0. The molecule has 0 fully saturated rings. The second-order valence-electron chi connectivity index (χ2n) is 5.57. The number of para-hydroxylation sites is 1. The van der Waals surface area contributed by atoms with E-state index in [9.17, 15) is 0 Å². The van der Waals surface area contributed by atoms with E-state index in [1.54, 1.807) is 7.11 Å². The lowest BCUT2D eigenvalue weighted by molar-refractivity contribution is 0.214. The fourth-order valence-electron chi connectivity index (χ4n) is 2.98. The molecule has 0 unspecified atom stereocenters. The Hall–Kier alpha value is -3.20. The van der Waals surface area contributed by atoms with Crippen LogP contribution in [0.2, 0.25) is 0 Å². The summed E-state index contributed by atoms with van der Waals surface area (Å²) in [5.74, 6) is 0. The largest absolute Gasteiger partial charge is 0.399 e. The quantitative estimate of drug-likeness (QED) is 0.403. The number of aromatic nitrogens is 1. The van der Waals surface area contributed by atoms with Crippen LogP contribution >= 0.6 is 0 Å². The third-order valence-electron chi connectivity index (χ3n) is 4.09. The maximum absolute atomic E-state index is 5.13. The van der Waals surface area contributed by atoms with Gasteiger partial charge in [-0.05, 0) is 22.9 Å². The molecule has 0 saturated carbocycles. The third-order valence-corrected chi connectivity index (χ3v) is 4.09. The average Bonchev–Trinajstić information content (AvgIpc) is 2.65. The van der Waals surface area contributed by atoms with Gasteiger partial charge in [0.15, 0.2) is 0 Å². The molecule has 0 aliphatic carbocycles. The van der Waals surface area contributed by atoms with Crippen molar-refractivity contribution in [2.75, 3.05) is 7.11 Å². The molecule has 0 aliphatic heterocycles. The van der Waals surface area contributed by atoms with Crippen LogP contribution in [0.4, 0.5) is 0 Å². The summed E-state index contributed by atoms with van der Waals surface area (Å²) in [4.78, 5) is 9.69. The van der Waals surface area contributed by atoms with Crippen molar-refractivity contribution in [3.63, 3.8) is 0 Å². The van der Waals surface area contributed by atoms with Crippen LogP contribution in [0.5, 0.6) is 0 Å². The van der Waals surface area contributed by atoms with Crippen LogP contribution < -0.4 is 0 Å². The highest BCUT2D eigenvalue weighted by atomic mass is 16.6. The van der Waals surface area contributed by atoms with E-state index in [2.05, 4.69) is 46.5 Å². The van der Waals surface area contributed by atoms with Gasteiger partial charge in [0.05, 0.1) is 5.52 Å². The fraction of sp³-hybridized carbons (Fsp3) is 0.0476. The zero-order valence-corrected chi connectivity index (χ0v) is 13.3. The van der Waals surface area contributed by atoms with E-state index in [1.165, 1.54) is 5.39 Å². The summed E-state index contributed by atoms with van der Waals surface area (Å²) in [5.41, 5.74) is 3.72.